The second-order valence-corrected chi connectivity index (χ2v) is 10.9. The van der Waals surface area contributed by atoms with Crippen molar-refractivity contribution in [2.24, 2.45) is 0 Å². The van der Waals surface area contributed by atoms with Crippen LogP contribution >= 0.6 is 0 Å². The predicted molar refractivity (Wildman–Crippen MR) is 104 cm³/mol. The van der Waals surface area contributed by atoms with E-state index in [0.29, 0.717) is 10.9 Å². The molecule has 122 valence electrons. The first-order valence-corrected chi connectivity index (χ1v) is 10.6. The molecule has 0 nitrogen and oxygen atoms in total. The summed E-state index contributed by atoms with van der Waals surface area (Å²) in [6.45, 7) is 7.02. The highest BCUT2D eigenvalue weighted by Gasteiger charge is 2.46. The van der Waals surface area contributed by atoms with Crippen LogP contribution in [0.4, 0.5) is 0 Å². The van der Waals surface area contributed by atoms with Gasteiger partial charge in [-0.25, -0.2) is 0 Å². The second-order valence-electron chi connectivity index (χ2n) is 8.38. The lowest BCUT2D eigenvalue weighted by Crippen LogP contribution is -2.40. The lowest BCUT2D eigenvalue weighted by Gasteiger charge is -2.35. The van der Waals surface area contributed by atoms with Crippen LogP contribution in [0.2, 0.25) is 0 Å². The monoisotopic (exact) mass is 325 g/mol. The topological polar surface area (TPSA) is 0 Å². The normalized spacial score (nSPS) is 28.0. The van der Waals surface area contributed by atoms with Gasteiger partial charge in [0.05, 0.1) is 0 Å². The van der Waals surface area contributed by atoms with Crippen molar-refractivity contribution in [3.05, 3.63) is 42.0 Å². The Bertz CT molecular complexity index is 687. The SMILES string of the molecule is CC(C)(C)c1ccc([S+]2C3CCCC2CCC3)c2ccccc12. The van der Waals surface area contributed by atoms with E-state index in [-0.39, 0.29) is 5.41 Å². The molecule has 0 amide bonds. The van der Waals surface area contributed by atoms with Gasteiger partial charge in [0.2, 0.25) is 0 Å². The molecule has 1 heteroatoms. The maximum Gasteiger partial charge on any atom is 0.163 e. The van der Waals surface area contributed by atoms with Crippen LogP contribution in [0.25, 0.3) is 10.8 Å². The van der Waals surface area contributed by atoms with Gasteiger partial charge in [0.25, 0.3) is 0 Å². The highest BCUT2D eigenvalue weighted by atomic mass is 32.2. The van der Waals surface area contributed by atoms with Gasteiger partial charge in [-0.3, -0.25) is 0 Å². The summed E-state index contributed by atoms with van der Waals surface area (Å²) >= 11 is 0. The molecule has 0 N–H and O–H groups in total. The van der Waals surface area contributed by atoms with Gasteiger partial charge >= 0.3 is 0 Å². The molecule has 0 atom stereocenters. The molecule has 23 heavy (non-hydrogen) atoms. The van der Waals surface area contributed by atoms with Crippen LogP contribution < -0.4 is 0 Å². The molecular formula is C22H29S+. The van der Waals surface area contributed by atoms with Crippen LogP contribution in [0, 0.1) is 0 Å². The Morgan fingerprint density at radius 1 is 0.783 bits per heavy atom. The Labute approximate surface area is 144 Å². The van der Waals surface area contributed by atoms with E-state index in [1.165, 1.54) is 49.5 Å². The van der Waals surface area contributed by atoms with Crippen molar-refractivity contribution in [2.45, 2.75) is 80.1 Å². The predicted octanol–water partition coefficient (Wildman–Crippen LogP) is 6.22. The average Bonchev–Trinajstić information content (AvgIpc) is 2.52. The molecule has 0 aliphatic carbocycles. The van der Waals surface area contributed by atoms with Crippen molar-refractivity contribution in [2.75, 3.05) is 0 Å². The van der Waals surface area contributed by atoms with Crippen LogP contribution in [0.3, 0.4) is 0 Å². The molecule has 2 fully saturated rings. The molecule has 2 aliphatic heterocycles. The fourth-order valence-corrected chi connectivity index (χ4v) is 8.31. The first kappa shape index (κ1) is 15.6. The van der Waals surface area contributed by atoms with E-state index in [9.17, 15) is 0 Å². The molecule has 0 saturated carbocycles. The number of fused-ring (bicyclic) bond motifs is 3. The molecule has 0 unspecified atom stereocenters. The van der Waals surface area contributed by atoms with Gasteiger partial charge in [-0.15, -0.1) is 0 Å². The Morgan fingerprint density at radius 2 is 1.35 bits per heavy atom. The van der Waals surface area contributed by atoms with E-state index < -0.39 is 0 Å². The Balaban J connectivity index is 1.88. The third kappa shape index (κ3) is 2.71. The van der Waals surface area contributed by atoms with Gasteiger partial charge in [-0.1, -0.05) is 45.0 Å². The fourth-order valence-electron chi connectivity index (χ4n) is 4.71. The summed E-state index contributed by atoms with van der Waals surface area (Å²) in [6.07, 6.45) is 8.81. The maximum absolute atomic E-state index is 2.50. The maximum atomic E-state index is 2.50. The van der Waals surface area contributed by atoms with Crippen LogP contribution in [-0.4, -0.2) is 10.5 Å². The van der Waals surface area contributed by atoms with Crippen molar-refractivity contribution in [3.63, 3.8) is 0 Å². The number of rotatable bonds is 1. The quantitative estimate of drug-likeness (QED) is 0.546. The molecule has 2 aromatic carbocycles. The smallest absolute Gasteiger partial charge is 0.0616 e. The van der Waals surface area contributed by atoms with Gasteiger partial charge in [0.15, 0.2) is 4.90 Å². The zero-order chi connectivity index (χ0) is 16.0. The van der Waals surface area contributed by atoms with E-state index in [1.807, 2.05) is 0 Å². The van der Waals surface area contributed by atoms with Crippen molar-refractivity contribution >= 4 is 21.7 Å². The minimum absolute atomic E-state index is 0.212. The van der Waals surface area contributed by atoms with E-state index in [4.69, 9.17) is 0 Å². The first-order chi connectivity index (χ1) is 11.1. The molecule has 0 radical (unpaired) electrons. The van der Waals surface area contributed by atoms with Crippen molar-refractivity contribution in [1.82, 2.24) is 0 Å². The van der Waals surface area contributed by atoms with E-state index in [1.54, 1.807) is 10.3 Å². The Hall–Kier alpha value is -0.950. The van der Waals surface area contributed by atoms with Gasteiger partial charge in [-0.05, 0) is 67.0 Å². The molecule has 2 heterocycles. The first-order valence-electron chi connectivity index (χ1n) is 9.30. The standard InChI is InChI=1S/C22H29S/c1-22(2,3)20-14-15-21(19-13-5-4-12-18(19)20)23-16-8-6-9-17(23)11-7-10-16/h4-5,12-17H,6-11H2,1-3H3/q+1. The van der Waals surface area contributed by atoms with Crippen LogP contribution in [-0.2, 0) is 16.3 Å². The molecule has 2 aliphatic rings. The summed E-state index contributed by atoms with van der Waals surface area (Å²) in [7, 11) is 0.487. The number of hydrogen-bond acceptors (Lipinski definition) is 0. The lowest BCUT2D eigenvalue weighted by atomic mass is 9.84. The average molecular weight is 326 g/mol. The fraction of sp³-hybridized carbons (Fsp3) is 0.545. The number of benzene rings is 2. The van der Waals surface area contributed by atoms with Gasteiger partial charge < -0.3 is 0 Å². The van der Waals surface area contributed by atoms with E-state index in [0.717, 1.165) is 10.5 Å². The molecule has 2 bridgehead atoms. The van der Waals surface area contributed by atoms with Crippen molar-refractivity contribution in [3.8, 4) is 0 Å². The highest BCUT2D eigenvalue weighted by Crippen LogP contribution is 2.45. The highest BCUT2D eigenvalue weighted by molar-refractivity contribution is 7.98. The van der Waals surface area contributed by atoms with Crippen LogP contribution in [0.5, 0.6) is 0 Å². The van der Waals surface area contributed by atoms with Crippen LogP contribution in [0.1, 0.15) is 64.9 Å². The third-order valence-electron chi connectivity index (χ3n) is 5.77. The zero-order valence-corrected chi connectivity index (χ0v) is 15.6. The van der Waals surface area contributed by atoms with Gasteiger partial charge in [0.1, 0.15) is 10.5 Å². The number of hydrogen-bond donors (Lipinski definition) is 0. The van der Waals surface area contributed by atoms with Crippen molar-refractivity contribution < 1.29 is 0 Å². The summed E-state index contributed by atoms with van der Waals surface area (Å²) in [4.78, 5) is 1.68. The molecule has 0 aromatic heterocycles. The second kappa shape index (κ2) is 5.84. The third-order valence-corrected chi connectivity index (χ3v) is 9.01. The lowest BCUT2D eigenvalue weighted by molar-refractivity contribution is 0.481. The van der Waals surface area contributed by atoms with Gasteiger partial charge in [-0.2, -0.15) is 0 Å². The summed E-state index contributed by atoms with van der Waals surface area (Å²) in [5, 5.41) is 4.97. The molecule has 0 spiro atoms. The summed E-state index contributed by atoms with van der Waals surface area (Å²) < 4.78 is 0. The minimum Gasteiger partial charge on any atom is -0.0616 e. The molecule has 4 rings (SSSR count). The van der Waals surface area contributed by atoms with Crippen molar-refractivity contribution in [1.29, 1.82) is 0 Å². The van der Waals surface area contributed by atoms with Crippen LogP contribution in [0.15, 0.2) is 41.3 Å². The van der Waals surface area contributed by atoms with Gasteiger partial charge in [0, 0.05) is 16.3 Å². The summed E-state index contributed by atoms with van der Waals surface area (Å²) in [5.41, 5.74) is 1.71. The largest absolute Gasteiger partial charge is 0.163 e. The Kier molecular flexibility index (Phi) is 3.96. The van der Waals surface area contributed by atoms with E-state index in [2.05, 4.69) is 57.2 Å². The summed E-state index contributed by atoms with van der Waals surface area (Å²) in [5.74, 6) is 0. The molecule has 2 aromatic rings. The molecule has 2 saturated heterocycles. The van der Waals surface area contributed by atoms with E-state index >= 15 is 0 Å². The summed E-state index contributed by atoms with van der Waals surface area (Å²) in [6, 6.07) is 14.1. The molecular weight excluding hydrogens is 296 g/mol. The zero-order valence-electron chi connectivity index (χ0n) is 14.8. The Morgan fingerprint density at radius 3 is 1.91 bits per heavy atom. The minimum atomic E-state index is 0.212.